The number of aromatic nitrogens is 3. The fourth-order valence-corrected chi connectivity index (χ4v) is 2.67. The third-order valence-electron chi connectivity index (χ3n) is 4.08. The lowest BCUT2D eigenvalue weighted by Gasteiger charge is -2.18. The zero-order valence-corrected chi connectivity index (χ0v) is 18.9. The summed E-state index contributed by atoms with van der Waals surface area (Å²) >= 11 is 0. The molecule has 0 amide bonds. The maximum atomic E-state index is 14.0. The molecule has 0 radical (unpaired) electrons. The van der Waals surface area contributed by atoms with E-state index < -0.39 is 17.7 Å². The first kappa shape index (κ1) is 23.6. The fourth-order valence-electron chi connectivity index (χ4n) is 2.67. The monoisotopic (exact) mass is 528 g/mol. The highest BCUT2D eigenvalue weighted by atomic mass is 127. The maximum Gasteiger partial charge on any atom is 0.276 e. The predicted molar refractivity (Wildman–Crippen MR) is 121 cm³/mol. The molecule has 10 heteroatoms. The number of hydrogen-bond acceptors (Lipinski definition) is 5. The van der Waals surface area contributed by atoms with Crippen LogP contribution in [0.1, 0.15) is 31.3 Å². The molecule has 0 aliphatic rings. The van der Waals surface area contributed by atoms with Gasteiger partial charge in [-0.1, -0.05) is 17.3 Å². The first-order valence-electron chi connectivity index (χ1n) is 9.30. The molecule has 0 aliphatic heterocycles. The molecule has 0 bridgehead atoms. The Bertz CT molecular complexity index is 967. The van der Waals surface area contributed by atoms with Gasteiger partial charge in [-0.2, -0.15) is 4.98 Å². The van der Waals surface area contributed by atoms with Crippen LogP contribution in [0, 0.1) is 11.6 Å². The van der Waals surface area contributed by atoms with Crippen molar-refractivity contribution in [1.82, 2.24) is 25.8 Å². The zero-order chi connectivity index (χ0) is 20.6. The summed E-state index contributed by atoms with van der Waals surface area (Å²) in [4.78, 5) is 13.0. The first-order valence-corrected chi connectivity index (χ1v) is 9.30. The number of pyridine rings is 1. The van der Waals surface area contributed by atoms with Crippen LogP contribution in [-0.4, -0.2) is 34.2 Å². The number of halogens is 3. The Labute approximate surface area is 190 Å². The lowest BCUT2D eigenvalue weighted by Crippen LogP contribution is -2.39. The normalized spacial score (nSPS) is 12.2. The van der Waals surface area contributed by atoms with Gasteiger partial charge in [-0.3, -0.25) is 9.98 Å². The van der Waals surface area contributed by atoms with Gasteiger partial charge < -0.3 is 15.2 Å². The highest BCUT2D eigenvalue weighted by molar-refractivity contribution is 14.0. The summed E-state index contributed by atoms with van der Waals surface area (Å²) in [6.07, 6.45) is 2.12. The first-order chi connectivity index (χ1) is 14.1. The number of aliphatic imine (C=N–C) groups is 1. The molecule has 0 fully saturated rings. The SMILES string of the molecule is CCNC(=NCCc1noc(-c2ccccn2)n1)NC(C)c1ccc(F)cc1F.I. The molecule has 1 atom stereocenters. The van der Waals surface area contributed by atoms with E-state index in [0.29, 0.717) is 48.4 Å². The van der Waals surface area contributed by atoms with Gasteiger partial charge in [0.2, 0.25) is 0 Å². The van der Waals surface area contributed by atoms with Crippen molar-refractivity contribution >= 4 is 29.9 Å². The molecular formula is C20H23F2IN6O. The van der Waals surface area contributed by atoms with Crippen LogP contribution in [0.25, 0.3) is 11.6 Å². The number of nitrogens with zero attached hydrogens (tertiary/aromatic N) is 4. The van der Waals surface area contributed by atoms with Gasteiger partial charge in [-0.25, -0.2) is 8.78 Å². The average Bonchev–Trinajstić information content (AvgIpc) is 3.17. The number of rotatable bonds is 7. The van der Waals surface area contributed by atoms with Crippen LogP contribution in [0.5, 0.6) is 0 Å². The van der Waals surface area contributed by atoms with Gasteiger partial charge in [0.05, 0.1) is 6.04 Å². The van der Waals surface area contributed by atoms with E-state index in [4.69, 9.17) is 4.52 Å². The molecule has 2 aromatic heterocycles. The van der Waals surface area contributed by atoms with Crippen molar-refractivity contribution in [3.05, 3.63) is 65.6 Å². The van der Waals surface area contributed by atoms with Crippen LogP contribution >= 0.6 is 24.0 Å². The number of benzene rings is 1. The Morgan fingerprint density at radius 2 is 2.07 bits per heavy atom. The Kier molecular flexibility index (Phi) is 9.09. The minimum absolute atomic E-state index is 0. The molecule has 2 N–H and O–H groups in total. The molecule has 3 rings (SSSR count). The van der Waals surface area contributed by atoms with Crippen LogP contribution in [0.4, 0.5) is 8.78 Å². The number of guanidine groups is 1. The van der Waals surface area contributed by atoms with E-state index in [1.165, 1.54) is 12.1 Å². The van der Waals surface area contributed by atoms with Crippen molar-refractivity contribution in [3.63, 3.8) is 0 Å². The second kappa shape index (κ2) is 11.5. The van der Waals surface area contributed by atoms with Crippen LogP contribution in [0.15, 0.2) is 52.1 Å². The molecule has 2 heterocycles. The summed E-state index contributed by atoms with van der Waals surface area (Å²) in [6.45, 7) is 4.74. The van der Waals surface area contributed by atoms with Gasteiger partial charge in [0.25, 0.3) is 5.89 Å². The van der Waals surface area contributed by atoms with Gasteiger partial charge in [0, 0.05) is 37.3 Å². The molecule has 1 unspecified atom stereocenters. The molecule has 30 heavy (non-hydrogen) atoms. The van der Waals surface area contributed by atoms with Gasteiger partial charge in [-0.05, 0) is 32.0 Å². The molecule has 0 saturated carbocycles. The predicted octanol–water partition coefficient (Wildman–Crippen LogP) is 3.89. The molecule has 7 nitrogen and oxygen atoms in total. The van der Waals surface area contributed by atoms with Gasteiger partial charge in [0.15, 0.2) is 11.8 Å². The summed E-state index contributed by atoms with van der Waals surface area (Å²) in [5.74, 6) is 0.175. The Hall–Kier alpha value is -2.63. The molecule has 160 valence electrons. The summed E-state index contributed by atoms with van der Waals surface area (Å²) in [5, 5.41) is 10.2. The van der Waals surface area contributed by atoms with Crippen molar-refractivity contribution in [2.75, 3.05) is 13.1 Å². The fraction of sp³-hybridized carbons (Fsp3) is 0.300. The van der Waals surface area contributed by atoms with Crippen molar-refractivity contribution in [1.29, 1.82) is 0 Å². The van der Waals surface area contributed by atoms with Crippen molar-refractivity contribution in [3.8, 4) is 11.6 Å². The van der Waals surface area contributed by atoms with E-state index in [0.717, 1.165) is 6.07 Å². The summed E-state index contributed by atoms with van der Waals surface area (Å²) < 4.78 is 32.3. The van der Waals surface area contributed by atoms with E-state index in [1.54, 1.807) is 19.2 Å². The topological polar surface area (TPSA) is 88.2 Å². The Morgan fingerprint density at radius 3 is 2.77 bits per heavy atom. The summed E-state index contributed by atoms with van der Waals surface area (Å²) in [7, 11) is 0. The van der Waals surface area contributed by atoms with Gasteiger partial charge in [-0.15, -0.1) is 24.0 Å². The largest absolute Gasteiger partial charge is 0.357 e. The Balaban J connectivity index is 0.00000320. The van der Waals surface area contributed by atoms with E-state index >= 15 is 0 Å². The minimum atomic E-state index is -0.607. The van der Waals surface area contributed by atoms with Crippen LogP contribution in [0.2, 0.25) is 0 Å². The van der Waals surface area contributed by atoms with Crippen LogP contribution in [-0.2, 0) is 6.42 Å². The van der Waals surface area contributed by atoms with E-state index in [2.05, 4.69) is 30.8 Å². The second-order valence-electron chi connectivity index (χ2n) is 6.27. The van der Waals surface area contributed by atoms with Crippen molar-refractivity contribution in [2.45, 2.75) is 26.3 Å². The van der Waals surface area contributed by atoms with Crippen molar-refractivity contribution < 1.29 is 13.3 Å². The lowest BCUT2D eigenvalue weighted by molar-refractivity contribution is 0.421. The van der Waals surface area contributed by atoms with Crippen LogP contribution < -0.4 is 10.6 Å². The summed E-state index contributed by atoms with van der Waals surface area (Å²) in [6, 6.07) is 8.57. The molecule has 3 aromatic rings. The molecule has 1 aromatic carbocycles. The van der Waals surface area contributed by atoms with E-state index in [-0.39, 0.29) is 24.0 Å². The number of nitrogens with one attached hydrogen (secondary N) is 2. The third kappa shape index (κ3) is 6.44. The number of hydrogen-bond donors (Lipinski definition) is 2. The minimum Gasteiger partial charge on any atom is -0.357 e. The lowest BCUT2D eigenvalue weighted by atomic mass is 10.1. The zero-order valence-electron chi connectivity index (χ0n) is 16.6. The van der Waals surface area contributed by atoms with Gasteiger partial charge >= 0.3 is 0 Å². The highest BCUT2D eigenvalue weighted by Gasteiger charge is 2.14. The van der Waals surface area contributed by atoms with E-state index in [1.807, 2.05) is 19.1 Å². The maximum absolute atomic E-state index is 14.0. The average molecular weight is 528 g/mol. The van der Waals surface area contributed by atoms with E-state index in [9.17, 15) is 8.78 Å². The molecule has 0 aliphatic carbocycles. The molecule has 0 saturated heterocycles. The molecule has 0 spiro atoms. The smallest absolute Gasteiger partial charge is 0.276 e. The summed E-state index contributed by atoms with van der Waals surface area (Å²) in [5.41, 5.74) is 0.968. The Morgan fingerprint density at radius 1 is 1.23 bits per heavy atom. The van der Waals surface area contributed by atoms with Crippen molar-refractivity contribution in [2.24, 2.45) is 4.99 Å². The molecular weight excluding hydrogens is 505 g/mol. The standard InChI is InChI=1S/C20H22F2N6O.HI/c1-3-23-20(26-13(2)15-8-7-14(21)12-16(15)22)25-11-9-18-27-19(29-28-18)17-6-4-5-10-24-17;/h4-8,10,12-13H,3,9,11H2,1-2H3,(H2,23,25,26);1H. The van der Waals surface area contributed by atoms with Gasteiger partial charge in [0.1, 0.15) is 17.3 Å². The highest BCUT2D eigenvalue weighted by Crippen LogP contribution is 2.17. The third-order valence-corrected chi connectivity index (χ3v) is 4.08. The second-order valence-corrected chi connectivity index (χ2v) is 6.27. The van der Waals surface area contributed by atoms with Crippen LogP contribution in [0.3, 0.4) is 0 Å². The quantitative estimate of drug-likeness (QED) is 0.275.